The van der Waals surface area contributed by atoms with E-state index in [1.807, 2.05) is 26.8 Å². The van der Waals surface area contributed by atoms with Crippen molar-refractivity contribution in [2.45, 2.75) is 20.8 Å². The van der Waals surface area contributed by atoms with E-state index in [0.717, 1.165) is 28.4 Å². The molecule has 2 N–H and O–H groups in total. The minimum atomic E-state index is 0.269. The van der Waals surface area contributed by atoms with Crippen LogP contribution in [0, 0.1) is 20.8 Å². The van der Waals surface area contributed by atoms with E-state index in [9.17, 15) is 0 Å². The summed E-state index contributed by atoms with van der Waals surface area (Å²) >= 11 is 0. The molecule has 2 rings (SSSR count). The van der Waals surface area contributed by atoms with E-state index in [-0.39, 0.29) is 5.95 Å². The van der Waals surface area contributed by atoms with E-state index >= 15 is 0 Å². The molecule has 5 heteroatoms. The van der Waals surface area contributed by atoms with E-state index in [2.05, 4.69) is 15.1 Å². The molecule has 0 saturated carbocycles. The SMILES string of the molecule is Cc1cc(-c2c(C)noc2C)nc(N)n1. The highest BCUT2D eigenvalue weighted by Gasteiger charge is 2.13. The number of aromatic nitrogens is 3. The summed E-state index contributed by atoms with van der Waals surface area (Å²) in [4.78, 5) is 8.18. The van der Waals surface area contributed by atoms with Crippen LogP contribution in [0.2, 0.25) is 0 Å². The average molecular weight is 204 g/mol. The topological polar surface area (TPSA) is 77.8 Å². The van der Waals surface area contributed by atoms with E-state index in [1.165, 1.54) is 0 Å². The van der Waals surface area contributed by atoms with Gasteiger partial charge in [-0.1, -0.05) is 5.16 Å². The summed E-state index contributed by atoms with van der Waals surface area (Å²) in [6.07, 6.45) is 0. The molecule has 0 unspecified atom stereocenters. The van der Waals surface area contributed by atoms with Gasteiger partial charge < -0.3 is 10.3 Å². The number of nitrogens with two attached hydrogens (primary N) is 1. The molecule has 0 atom stereocenters. The molecular weight excluding hydrogens is 192 g/mol. The molecule has 0 amide bonds. The lowest BCUT2D eigenvalue weighted by atomic mass is 10.1. The Kier molecular flexibility index (Phi) is 2.15. The normalized spacial score (nSPS) is 10.6. The Hall–Kier alpha value is -1.91. The van der Waals surface area contributed by atoms with E-state index < -0.39 is 0 Å². The molecule has 2 aromatic heterocycles. The Morgan fingerprint density at radius 1 is 1.20 bits per heavy atom. The van der Waals surface area contributed by atoms with Crippen LogP contribution in [-0.2, 0) is 0 Å². The molecule has 78 valence electrons. The maximum absolute atomic E-state index is 5.59. The number of nitrogen functional groups attached to an aromatic ring is 1. The zero-order valence-corrected chi connectivity index (χ0v) is 8.90. The van der Waals surface area contributed by atoms with Gasteiger partial charge in [0.1, 0.15) is 5.76 Å². The highest BCUT2D eigenvalue weighted by atomic mass is 16.5. The van der Waals surface area contributed by atoms with Crippen LogP contribution in [0.4, 0.5) is 5.95 Å². The van der Waals surface area contributed by atoms with Gasteiger partial charge in [0.25, 0.3) is 0 Å². The molecule has 15 heavy (non-hydrogen) atoms. The van der Waals surface area contributed by atoms with Crippen molar-refractivity contribution in [3.8, 4) is 11.3 Å². The van der Waals surface area contributed by atoms with Crippen LogP contribution in [0.3, 0.4) is 0 Å². The van der Waals surface area contributed by atoms with Gasteiger partial charge in [-0.15, -0.1) is 0 Å². The zero-order chi connectivity index (χ0) is 11.0. The summed E-state index contributed by atoms with van der Waals surface area (Å²) in [7, 11) is 0. The first kappa shape index (κ1) is 9.64. The molecule has 0 aromatic carbocycles. The van der Waals surface area contributed by atoms with Crippen molar-refractivity contribution in [3.63, 3.8) is 0 Å². The maximum Gasteiger partial charge on any atom is 0.220 e. The number of nitrogens with zero attached hydrogens (tertiary/aromatic N) is 3. The van der Waals surface area contributed by atoms with Crippen LogP contribution < -0.4 is 5.73 Å². The molecule has 0 aliphatic carbocycles. The van der Waals surface area contributed by atoms with Crippen molar-refractivity contribution in [1.29, 1.82) is 0 Å². The number of rotatable bonds is 1. The first-order valence-electron chi connectivity index (χ1n) is 4.62. The Bertz CT molecular complexity index is 464. The Morgan fingerprint density at radius 3 is 2.47 bits per heavy atom. The Balaban J connectivity index is 2.63. The van der Waals surface area contributed by atoms with E-state index in [4.69, 9.17) is 10.3 Å². The summed E-state index contributed by atoms with van der Waals surface area (Å²) in [6.45, 7) is 5.60. The van der Waals surface area contributed by atoms with E-state index in [1.54, 1.807) is 0 Å². The lowest BCUT2D eigenvalue weighted by molar-refractivity contribution is 0.393. The Morgan fingerprint density at radius 2 is 1.93 bits per heavy atom. The molecule has 0 fully saturated rings. The minimum Gasteiger partial charge on any atom is -0.368 e. The van der Waals surface area contributed by atoms with Crippen molar-refractivity contribution in [2.75, 3.05) is 5.73 Å². The first-order chi connectivity index (χ1) is 7.08. The first-order valence-corrected chi connectivity index (χ1v) is 4.62. The second kappa shape index (κ2) is 3.34. The summed E-state index contributed by atoms with van der Waals surface area (Å²) in [5.74, 6) is 1.01. The van der Waals surface area contributed by atoms with Crippen LogP contribution >= 0.6 is 0 Å². The van der Waals surface area contributed by atoms with Crippen molar-refractivity contribution in [3.05, 3.63) is 23.2 Å². The standard InChI is InChI=1S/C10H12N4O/c1-5-4-8(13-10(11)12-5)9-6(2)14-15-7(9)3/h4H,1-3H3,(H2,11,12,13). The van der Waals surface area contributed by atoms with Gasteiger partial charge in [0, 0.05) is 5.69 Å². The maximum atomic E-state index is 5.59. The van der Waals surface area contributed by atoms with Crippen LogP contribution in [0.25, 0.3) is 11.3 Å². The molecule has 0 aliphatic rings. The van der Waals surface area contributed by atoms with Gasteiger partial charge in [-0.05, 0) is 26.8 Å². The molecule has 0 aliphatic heterocycles. The molecular formula is C10H12N4O. The predicted molar refractivity (Wildman–Crippen MR) is 56.2 cm³/mol. The van der Waals surface area contributed by atoms with Gasteiger partial charge in [0.05, 0.1) is 17.0 Å². The quantitative estimate of drug-likeness (QED) is 0.763. The highest BCUT2D eigenvalue weighted by Crippen LogP contribution is 2.25. The van der Waals surface area contributed by atoms with Gasteiger partial charge in [-0.2, -0.15) is 0 Å². The fourth-order valence-corrected chi connectivity index (χ4v) is 1.57. The molecule has 2 aromatic rings. The summed E-state index contributed by atoms with van der Waals surface area (Å²) < 4.78 is 5.08. The zero-order valence-electron chi connectivity index (χ0n) is 8.90. The largest absolute Gasteiger partial charge is 0.368 e. The van der Waals surface area contributed by atoms with Gasteiger partial charge >= 0.3 is 0 Å². The van der Waals surface area contributed by atoms with E-state index in [0.29, 0.717) is 0 Å². The van der Waals surface area contributed by atoms with Gasteiger partial charge in [0.2, 0.25) is 5.95 Å². The van der Waals surface area contributed by atoms with Crippen molar-refractivity contribution >= 4 is 5.95 Å². The molecule has 2 heterocycles. The van der Waals surface area contributed by atoms with Crippen molar-refractivity contribution in [1.82, 2.24) is 15.1 Å². The highest BCUT2D eigenvalue weighted by molar-refractivity contribution is 5.64. The van der Waals surface area contributed by atoms with Gasteiger partial charge in [0.15, 0.2) is 0 Å². The predicted octanol–water partition coefficient (Wildman–Crippen LogP) is 1.64. The molecule has 0 saturated heterocycles. The summed E-state index contributed by atoms with van der Waals surface area (Å²) in [6, 6.07) is 1.86. The summed E-state index contributed by atoms with van der Waals surface area (Å²) in [5, 5.41) is 3.88. The van der Waals surface area contributed by atoms with Gasteiger partial charge in [-0.3, -0.25) is 0 Å². The number of hydrogen-bond acceptors (Lipinski definition) is 5. The molecule has 0 spiro atoms. The van der Waals surface area contributed by atoms with Crippen LogP contribution in [0.15, 0.2) is 10.6 Å². The molecule has 0 bridgehead atoms. The van der Waals surface area contributed by atoms with Crippen molar-refractivity contribution in [2.24, 2.45) is 0 Å². The fraction of sp³-hybridized carbons (Fsp3) is 0.300. The minimum absolute atomic E-state index is 0.269. The monoisotopic (exact) mass is 204 g/mol. The molecule has 0 radical (unpaired) electrons. The average Bonchev–Trinajstić information content (AvgIpc) is 2.44. The third kappa shape index (κ3) is 1.68. The second-order valence-corrected chi connectivity index (χ2v) is 3.45. The molecule has 5 nitrogen and oxygen atoms in total. The third-order valence-electron chi connectivity index (χ3n) is 2.16. The third-order valence-corrected chi connectivity index (χ3v) is 2.16. The number of hydrogen-bond donors (Lipinski definition) is 1. The number of aryl methyl sites for hydroxylation is 3. The van der Waals surface area contributed by atoms with Crippen LogP contribution in [0.1, 0.15) is 17.1 Å². The smallest absolute Gasteiger partial charge is 0.220 e. The van der Waals surface area contributed by atoms with Crippen molar-refractivity contribution < 1.29 is 4.52 Å². The Labute approximate surface area is 87.3 Å². The van der Waals surface area contributed by atoms with Gasteiger partial charge in [-0.25, -0.2) is 9.97 Å². The second-order valence-electron chi connectivity index (χ2n) is 3.45. The van der Waals surface area contributed by atoms with Crippen LogP contribution in [-0.4, -0.2) is 15.1 Å². The lowest BCUT2D eigenvalue weighted by Crippen LogP contribution is -1.98. The van der Waals surface area contributed by atoms with Crippen LogP contribution in [0.5, 0.6) is 0 Å². The fourth-order valence-electron chi connectivity index (χ4n) is 1.57. The summed E-state index contributed by atoms with van der Waals surface area (Å²) in [5.41, 5.74) is 8.89. The number of anilines is 1. The lowest BCUT2D eigenvalue weighted by Gasteiger charge is -2.01.